The van der Waals surface area contributed by atoms with Crippen molar-refractivity contribution < 1.29 is 9.53 Å². The summed E-state index contributed by atoms with van der Waals surface area (Å²) in [6, 6.07) is 0. The summed E-state index contributed by atoms with van der Waals surface area (Å²) in [4.78, 5) is 18.8. The highest BCUT2D eigenvalue weighted by Crippen LogP contribution is 2.47. The van der Waals surface area contributed by atoms with Gasteiger partial charge in [0.1, 0.15) is 10.0 Å². The van der Waals surface area contributed by atoms with Crippen molar-refractivity contribution in [2.24, 2.45) is 0 Å². The third kappa shape index (κ3) is 2.96. The number of carbonyl (C=O) groups excluding carboxylic acids is 1. The molecule has 6 heteroatoms. The number of carbonyl (C=O) groups is 1. The van der Waals surface area contributed by atoms with Crippen LogP contribution in [0, 0.1) is 0 Å². The Bertz CT molecular complexity index is 861. The average Bonchev–Trinajstić information content (AvgIpc) is 3.05. The van der Waals surface area contributed by atoms with Crippen LogP contribution in [0.25, 0.3) is 10.6 Å². The first kappa shape index (κ1) is 15.7. The second-order valence-corrected chi connectivity index (χ2v) is 8.90. The maximum absolute atomic E-state index is 12.6. The van der Waals surface area contributed by atoms with Crippen molar-refractivity contribution in [2.45, 2.75) is 51.0 Å². The fourth-order valence-corrected chi connectivity index (χ4v) is 5.80. The minimum atomic E-state index is 0.0530. The minimum Gasteiger partial charge on any atom is -0.376 e. The molecule has 1 aliphatic heterocycles. The van der Waals surface area contributed by atoms with Crippen molar-refractivity contribution in [2.75, 3.05) is 11.9 Å². The summed E-state index contributed by atoms with van der Waals surface area (Å²) in [5.41, 5.74) is 4.62. The van der Waals surface area contributed by atoms with E-state index in [0.29, 0.717) is 12.5 Å². The molecule has 3 aliphatic rings. The predicted molar refractivity (Wildman–Crippen MR) is 101 cm³/mol. The van der Waals surface area contributed by atoms with Gasteiger partial charge in [-0.1, -0.05) is 6.08 Å². The number of aromatic nitrogens is 1. The van der Waals surface area contributed by atoms with Gasteiger partial charge in [0, 0.05) is 27.3 Å². The van der Waals surface area contributed by atoms with Crippen LogP contribution in [0.2, 0.25) is 0 Å². The molecule has 130 valence electrons. The second-order valence-electron chi connectivity index (χ2n) is 6.94. The molecule has 0 radical (unpaired) electrons. The zero-order valence-electron chi connectivity index (χ0n) is 14.0. The van der Waals surface area contributed by atoms with Crippen LogP contribution in [-0.4, -0.2) is 17.5 Å². The number of hydrogen-bond donors (Lipinski definition) is 1. The van der Waals surface area contributed by atoms with Crippen molar-refractivity contribution in [1.29, 1.82) is 0 Å². The van der Waals surface area contributed by atoms with Gasteiger partial charge in [-0.3, -0.25) is 4.79 Å². The molecule has 0 bridgehead atoms. The van der Waals surface area contributed by atoms with Crippen LogP contribution >= 0.6 is 22.7 Å². The van der Waals surface area contributed by atoms with E-state index in [-0.39, 0.29) is 5.91 Å². The van der Waals surface area contributed by atoms with Crippen molar-refractivity contribution in [3.63, 3.8) is 0 Å². The van der Waals surface area contributed by atoms with Crippen molar-refractivity contribution >= 4 is 33.6 Å². The number of hydrogen-bond acceptors (Lipinski definition) is 5. The Morgan fingerprint density at radius 1 is 1.32 bits per heavy atom. The van der Waals surface area contributed by atoms with Gasteiger partial charge in [-0.2, -0.15) is 0 Å². The molecule has 0 unspecified atom stereocenters. The molecule has 25 heavy (non-hydrogen) atoms. The van der Waals surface area contributed by atoms with E-state index in [1.165, 1.54) is 29.0 Å². The van der Waals surface area contributed by atoms with Crippen LogP contribution in [0.4, 0.5) is 5.00 Å². The molecule has 2 aliphatic carbocycles. The number of thiophene rings is 1. The van der Waals surface area contributed by atoms with Crippen molar-refractivity contribution in [3.8, 4) is 10.6 Å². The standard InChI is InChI=1S/C19H20N2O2S2/c22-17(12-3-1-2-4-12)21-19-16(13-7-8-23-9-15(13)25-19)18-20-14(10-24-18)11-5-6-11/h3,10-11H,1-2,4-9H2,(H,21,22). The highest BCUT2D eigenvalue weighted by Gasteiger charge is 2.29. The zero-order chi connectivity index (χ0) is 16.8. The molecule has 0 atom stereocenters. The maximum atomic E-state index is 12.6. The van der Waals surface area contributed by atoms with E-state index >= 15 is 0 Å². The van der Waals surface area contributed by atoms with Gasteiger partial charge in [-0.05, 0) is 44.1 Å². The highest BCUT2D eigenvalue weighted by atomic mass is 32.1. The first-order valence-electron chi connectivity index (χ1n) is 8.98. The van der Waals surface area contributed by atoms with Gasteiger partial charge in [0.25, 0.3) is 5.91 Å². The van der Waals surface area contributed by atoms with Gasteiger partial charge in [0.05, 0.1) is 18.9 Å². The number of nitrogens with one attached hydrogen (secondary N) is 1. The van der Waals surface area contributed by atoms with Gasteiger partial charge in [-0.25, -0.2) is 4.98 Å². The van der Waals surface area contributed by atoms with Gasteiger partial charge in [0.15, 0.2) is 0 Å². The van der Waals surface area contributed by atoms with E-state index in [1.807, 2.05) is 0 Å². The number of rotatable bonds is 4. The monoisotopic (exact) mass is 372 g/mol. The summed E-state index contributed by atoms with van der Waals surface area (Å²) in [7, 11) is 0. The Labute approximate surface area is 154 Å². The average molecular weight is 373 g/mol. The number of allylic oxidation sites excluding steroid dienone is 1. The molecule has 0 aromatic carbocycles. The fraction of sp³-hybridized carbons (Fsp3) is 0.474. The number of amides is 1. The largest absolute Gasteiger partial charge is 0.376 e. The molecule has 1 N–H and O–H groups in total. The van der Waals surface area contributed by atoms with Crippen LogP contribution in [0.1, 0.15) is 54.2 Å². The number of anilines is 1. The lowest BCUT2D eigenvalue weighted by Gasteiger charge is -2.13. The summed E-state index contributed by atoms with van der Waals surface area (Å²) >= 11 is 3.37. The molecule has 5 rings (SSSR count). The third-order valence-corrected chi connectivity index (χ3v) is 7.11. The van der Waals surface area contributed by atoms with Crippen molar-refractivity contribution in [1.82, 2.24) is 4.98 Å². The fourth-order valence-electron chi connectivity index (χ4n) is 3.57. The Morgan fingerprint density at radius 3 is 3.04 bits per heavy atom. The Kier molecular flexibility index (Phi) is 3.99. The maximum Gasteiger partial charge on any atom is 0.251 e. The second kappa shape index (κ2) is 6.34. The lowest BCUT2D eigenvalue weighted by Crippen LogP contribution is -2.13. The Hall–Kier alpha value is -1.50. The minimum absolute atomic E-state index is 0.0530. The SMILES string of the molecule is O=C(Nc1sc2c(c1-c1nc(C3CC3)cs1)CCOC2)C1=CCCC1. The number of ether oxygens (including phenoxy) is 1. The molecular formula is C19H20N2O2S2. The molecule has 0 spiro atoms. The van der Waals surface area contributed by atoms with Gasteiger partial charge < -0.3 is 10.1 Å². The first-order chi connectivity index (χ1) is 12.3. The predicted octanol–water partition coefficient (Wildman–Crippen LogP) is 4.87. The number of fused-ring (bicyclic) bond motifs is 1. The van der Waals surface area contributed by atoms with E-state index in [4.69, 9.17) is 9.72 Å². The molecular weight excluding hydrogens is 352 g/mol. The van der Waals surface area contributed by atoms with Crippen LogP contribution in [0.15, 0.2) is 17.0 Å². The van der Waals surface area contributed by atoms with Gasteiger partial charge in [-0.15, -0.1) is 22.7 Å². The van der Waals surface area contributed by atoms with E-state index < -0.39 is 0 Å². The molecule has 3 heterocycles. The lowest BCUT2D eigenvalue weighted by molar-refractivity contribution is -0.112. The summed E-state index contributed by atoms with van der Waals surface area (Å²) in [5, 5.41) is 7.38. The van der Waals surface area contributed by atoms with Crippen LogP contribution < -0.4 is 5.32 Å². The highest BCUT2D eigenvalue weighted by molar-refractivity contribution is 7.18. The molecule has 0 saturated heterocycles. The van der Waals surface area contributed by atoms with Crippen LogP contribution in [0.3, 0.4) is 0 Å². The van der Waals surface area contributed by atoms with Gasteiger partial charge in [0.2, 0.25) is 0 Å². The van der Waals surface area contributed by atoms with Gasteiger partial charge >= 0.3 is 0 Å². The van der Waals surface area contributed by atoms with E-state index in [0.717, 1.165) is 53.4 Å². The van der Waals surface area contributed by atoms with E-state index in [9.17, 15) is 4.79 Å². The molecule has 1 saturated carbocycles. The number of nitrogens with zero attached hydrogens (tertiary/aromatic N) is 1. The number of thiazole rings is 1. The molecule has 1 fully saturated rings. The molecule has 4 nitrogen and oxygen atoms in total. The third-order valence-electron chi connectivity index (χ3n) is 5.11. The first-order valence-corrected chi connectivity index (χ1v) is 10.7. The quantitative estimate of drug-likeness (QED) is 0.833. The molecule has 1 amide bonds. The summed E-state index contributed by atoms with van der Waals surface area (Å²) in [6.07, 6.45) is 8.48. The van der Waals surface area contributed by atoms with Crippen LogP contribution in [0.5, 0.6) is 0 Å². The molecule has 2 aromatic rings. The smallest absolute Gasteiger partial charge is 0.251 e. The van der Waals surface area contributed by atoms with E-state index in [2.05, 4.69) is 16.8 Å². The van der Waals surface area contributed by atoms with Crippen molar-refractivity contribution in [3.05, 3.63) is 33.2 Å². The summed E-state index contributed by atoms with van der Waals surface area (Å²) in [6.45, 7) is 1.39. The van der Waals surface area contributed by atoms with E-state index in [1.54, 1.807) is 22.7 Å². The normalized spacial score (nSPS) is 19.6. The lowest BCUT2D eigenvalue weighted by atomic mass is 10.1. The molecule has 2 aromatic heterocycles. The zero-order valence-corrected chi connectivity index (χ0v) is 15.6. The van der Waals surface area contributed by atoms with Crippen LogP contribution in [-0.2, 0) is 22.6 Å². The Morgan fingerprint density at radius 2 is 2.24 bits per heavy atom. The Balaban J connectivity index is 1.52. The summed E-state index contributed by atoms with van der Waals surface area (Å²) < 4.78 is 5.63. The summed E-state index contributed by atoms with van der Waals surface area (Å²) in [5.74, 6) is 0.710. The topological polar surface area (TPSA) is 51.2 Å².